The minimum absolute atomic E-state index is 0.0635. The Bertz CT molecular complexity index is 1290. The number of hydrogen-bond acceptors (Lipinski definition) is 6. The number of nitrogens with zero attached hydrogens (tertiary/aromatic N) is 1. The molecule has 1 heterocycles. The van der Waals surface area contributed by atoms with Crippen LogP contribution in [0, 0.1) is 11.3 Å². The maximum atomic E-state index is 13.0. The van der Waals surface area contributed by atoms with Crippen molar-refractivity contribution in [2.45, 2.75) is 39.2 Å². The lowest BCUT2D eigenvalue weighted by Crippen LogP contribution is -2.16. The molecule has 0 unspecified atom stereocenters. The molecule has 0 fully saturated rings. The normalized spacial score (nSPS) is 12.9. The number of esters is 1. The molecule has 4 rings (SSSR count). The fourth-order valence-electron chi connectivity index (χ4n) is 3.99. The van der Waals surface area contributed by atoms with Gasteiger partial charge in [0.2, 0.25) is 0 Å². The minimum atomic E-state index is -0.563. The smallest absolute Gasteiger partial charge is 0.341 e. The van der Waals surface area contributed by atoms with Gasteiger partial charge in [0.15, 0.2) is 0 Å². The van der Waals surface area contributed by atoms with Gasteiger partial charge in [-0.1, -0.05) is 42.5 Å². The van der Waals surface area contributed by atoms with Crippen LogP contribution in [0.2, 0.25) is 0 Å². The first-order chi connectivity index (χ1) is 17.1. The molecule has 0 aliphatic heterocycles. The summed E-state index contributed by atoms with van der Waals surface area (Å²) in [7, 11) is 0. The van der Waals surface area contributed by atoms with Crippen molar-refractivity contribution in [2.75, 3.05) is 11.9 Å². The fraction of sp³-hybridized carbons (Fsp3) is 0.250. The second-order valence-corrected chi connectivity index (χ2v) is 9.21. The van der Waals surface area contributed by atoms with Crippen molar-refractivity contribution in [3.63, 3.8) is 0 Å². The van der Waals surface area contributed by atoms with Gasteiger partial charge in [-0.2, -0.15) is 5.26 Å². The van der Waals surface area contributed by atoms with Crippen molar-refractivity contribution in [1.82, 2.24) is 0 Å². The number of rotatable bonds is 8. The third kappa shape index (κ3) is 5.97. The van der Waals surface area contributed by atoms with E-state index in [2.05, 4.69) is 5.32 Å². The molecule has 1 aromatic heterocycles. The number of carbonyl (C=O) groups excluding carboxylic acids is 2. The number of benzene rings is 2. The standard InChI is InChI=1S/C28H26N2O4S/c1-2-33-28(32)25-23-13-6-7-14-24(23)35-27(25)30-26(31)21(17-29)15-20-11-8-12-22(16-20)34-18-19-9-4-3-5-10-19/h3-5,8-12,15-16H,2,6-7,13-14,18H2,1H3,(H,30,31). The number of nitriles is 1. The highest BCUT2D eigenvalue weighted by Crippen LogP contribution is 2.38. The highest BCUT2D eigenvalue weighted by Gasteiger charge is 2.27. The van der Waals surface area contributed by atoms with E-state index in [9.17, 15) is 14.9 Å². The van der Waals surface area contributed by atoms with Crippen LogP contribution in [0.5, 0.6) is 5.75 Å². The molecule has 1 N–H and O–H groups in total. The first kappa shape index (κ1) is 24.2. The van der Waals surface area contributed by atoms with E-state index in [1.54, 1.807) is 19.1 Å². The van der Waals surface area contributed by atoms with Gasteiger partial charge in [0.05, 0.1) is 12.2 Å². The summed E-state index contributed by atoms with van der Waals surface area (Å²) < 4.78 is 11.1. The highest BCUT2D eigenvalue weighted by molar-refractivity contribution is 7.17. The van der Waals surface area contributed by atoms with E-state index in [0.717, 1.165) is 41.7 Å². The van der Waals surface area contributed by atoms with Gasteiger partial charge in [-0.05, 0) is 67.5 Å². The molecule has 2 aromatic carbocycles. The summed E-state index contributed by atoms with van der Waals surface area (Å²) in [6.45, 7) is 2.42. The first-order valence-electron chi connectivity index (χ1n) is 11.6. The van der Waals surface area contributed by atoms with E-state index < -0.39 is 11.9 Å². The van der Waals surface area contributed by atoms with E-state index in [1.807, 2.05) is 48.5 Å². The molecule has 178 valence electrons. The molecule has 6 nitrogen and oxygen atoms in total. The summed E-state index contributed by atoms with van der Waals surface area (Å²) in [5, 5.41) is 12.9. The van der Waals surface area contributed by atoms with Crippen molar-refractivity contribution in [2.24, 2.45) is 0 Å². The Morgan fingerprint density at radius 2 is 1.91 bits per heavy atom. The average molecular weight is 487 g/mol. The van der Waals surface area contributed by atoms with Crippen molar-refractivity contribution >= 4 is 34.3 Å². The van der Waals surface area contributed by atoms with Crippen molar-refractivity contribution in [3.8, 4) is 11.8 Å². The Kier molecular flexibility index (Phi) is 7.96. The van der Waals surface area contributed by atoms with Crippen LogP contribution in [0.1, 0.15) is 51.7 Å². The Balaban J connectivity index is 1.53. The van der Waals surface area contributed by atoms with E-state index in [4.69, 9.17) is 9.47 Å². The Morgan fingerprint density at radius 3 is 2.69 bits per heavy atom. The molecule has 3 aromatic rings. The first-order valence-corrected chi connectivity index (χ1v) is 12.4. The summed E-state index contributed by atoms with van der Waals surface area (Å²) >= 11 is 1.40. The quantitative estimate of drug-likeness (QED) is 0.242. The van der Waals surface area contributed by atoms with E-state index in [0.29, 0.717) is 28.5 Å². The van der Waals surface area contributed by atoms with Crippen LogP contribution in [-0.2, 0) is 29.0 Å². The van der Waals surface area contributed by atoms with Gasteiger partial charge in [0.25, 0.3) is 5.91 Å². The fourth-order valence-corrected chi connectivity index (χ4v) is 5.27. The predicted octanol–water partition coefficient (Wildman–Crippen LogP) is 5.93. The van der Waals surface area contributed by atoms with Crippen molar-refractivity contribution < 1.29 is 19.1 Å². The summed E-state index contributed by atoms with van der Waals surface area (Å²) in [6, 6.07) is 19.0. The average Bonchev–Trinajstić information content (AvgIpc) is 3.25. The van der Waals surface area contributed by atoms with Crippen LogP contribution in [0.4, 0.5) is 5.00 Å². The monoisotopic (exact) mass is 486 g/mol. The second-order valence-electron chi connectivity index (χ2n) is 8.11. The molecule has 0 saturated carbocycles. The van der Waals surface area contributed by atoms with Gasteiger partial charge in [-0.25, -0.2) is 4.79 Å². The van der Waals surface area contributed by atoms with Gasteiger partial charge in [-0.3, -0.25) is 4.79 Å². The van der Waals surface area contributed by atoms with Crippen molar-refractivity contribution in [3.05, 3.63) is 87.3 Å². The number of ether oxygens (including phenoxy) is 2. The Labute approximate surface area is 208 Å². The van der Waals surface area contributed by atoms with Crippen LogP contribution in [0.25, 0.3) is 6.08 Å². The van der Waals surface area contributed by atoms with E-state index in [1.165, 1.54) is 17.4 Å². The zero-order valence-corrected chi connectivity index (χ0v) is 20.3. The maximum Gasteiger partial charge on any atom is 0.341 e. The molecule has 7 heteroatoms. The highest BCUT2D eigenvalue weighted by atomic mass is 32.1. The molecular formula is C28H26N2O4S. The third-order valence-corrected chi connectivity index (χ3v) is 6.87. The summed E-state index contributed by atoms with van der Waals surface area (Å²) in [5.41, 5.74) is 3.03. The molecular weight excluding hydrogens is 460 g/mol. The largest absolute Gasteiger partial charge is 0.489 e. The SMILES string of the molecule is CCOC(=O)c1c(NC(=O)C(C#N)=Cc2cccc(OCc3ccccc3)c2)sc2c1CCCC2. The molecule has 0 spiro atoms. The summed E-state index contributed by atoms with van der Waals surface area (Å²) in [5.74, 6) is -0.365. The lowest BCUT2D eigenvalue weighted by molar-refractivity contribution is -0.112. The number of carbonyl (C=O) groups is 2. The summed E-state index contributed by atoms with van der Waals surface area (Å²) in [6.07, 6.45) is 5.22. The zero-order valence-electron chi connectivity index (χ0n) is 19.5. The van der Waals surface area contributed by atoms with Crippen molar-refractivity contribution in [1.29, 1.82) is 5.26 Å². The lowest BCUT2D eigenvalue weighted by atomic mass is 9.95. The Morgan fingerprint density at radius 1 is 1.11 bits per heavy atom. The molecule has 1 aliphatic rings. The van der Waals surface area contributed by atoms with Gasteiger partial charge in [0, 0.05) is 4.88 Å². The van der Waals surface area contributed by atoms with Crippen LogP contribution in [0.3, 0.4) is 0 Å². The lowest BCUT2D eigenvalue weighted by Gasteiger charge is -2.12. The molecule has 35 heavy (non-hydrogen) atoms. The van der Waals surface area contributed by atoms with Crippen LogP contribution >= 0.6 is 11.3 Å². The summed E-state index contributed by atoms with van der Waals surface area (Å²) in [4.78, 5) is 26.8. The van der Waals surface area contributed by atoms with Gasteiger partial charge in [0.1, 0.15) is 29.0 Å². The van der Waals surface area contributed by atoms with Gasteiger partial charge in [-0.15, -0.1) is 11.3 Å². The van der Waals surface area contributed by atoms with Gasteiger partial charge >= 0.3 is 5.97 Å². The molecule has 0 saturated heterocycles. The number of thiophene rings is 1. The third-order valence-electron chi connectivity index (χ3n) is 5.66. The predicted molar refractivity (Wildman–Crippen MR) is 136 cm³/mol. The molecule has 1 aliphatic carbocycles. The number of hydrogen-bond donors (Lipinski definition) is 1. The number of aryl methyl sites for hydroxylation is 1. The van der Waals surface area contributed by atoms with E-state index >= 15 is 0 Å². The van der Waals surface area contributed by atoms with Crippen LogP contribution in [-0.4, -0.2) is 18.5 Å². The number of fused-ring (bicyclic) bond motifs is 1. The van der Waals surface area contributed by atoms with Crippen LogP contribution < -0.4 is 10.1 Å². The molecule has 0 bridgehead atoms. The van der Waals surface area contributed by atoms with Crippen LogP contribution in [0.15, 0.2) is 60.2 Å². The van der Waals surface area contributed by atoms with E-state index in [-0.39, 0.29) is 12.2 Å². The minimum Gasteiger partial charge on any atom is -0.489 e. The topological polar surface area (TPSA) is 88.4 Å². The maximum absolute atomic E-state index is 13.0. The zero-order chi connectivity index (χ0) is 24.6. The molecule has 1 amide bonds. The number of amides is 1. The molecule has 0 radical (unpaired) electrons. The van der Waals surface area contributed by atoms with Gasteiger partial charge < -0.3 is 14.8 Å². The molecule has 0 atom stereocenters. The second kappa shape index (κ2) is 11.5. The Hall–Kier alpha value is -3.89. The number of anilines is 1. The number of nitrogens with one attached hydrogen (secondary N) is 1.